The van der Waals surface area contributed by atoms with Gasteiger partial charge in [-0.05, 0) is 31.2 Å². The van der Waals surface area contributed by atoms with Gasteiger partial charge in [0.2, 0.25) is 0 Å². The highest BCUT2D eigenvalue weighted by Gasteiger charge is 2.16. The van der Waals surface area contributed by atoms with Gasteiger partial charge in [0, 0.05) is 32.7 Å². The molecule has 0 saturated heterocycles. The van der Waals surface area contributed by atoms with Crippen molar-refractivity contribution in [3.63, 3.8) is 0 Å². The second-order valence-electron chi connectivity index (χ2n) is 6.31. The number of thiophene rings is 2. The Morgan fingerprint density at radius 2 is 1.28 bits per heavy atom. The molecule has 4 heterocycles. The molecular formula is C21H12O2S2. The Bertz CT molecular complexity index is 1410. The summed E-state index contributed by atoms with van der Waals surface area (Å²) in [5.41, 5.74) is 5.11. The summed E-state index contributed by atoms with van der Waals surface area (Å²) in [6.07, 6.45) is 0. The molecule has 0 fully saturated rings. The van der Waals surface area contributed by atoms with Crippen molar-refractivity contribution in [3.05, 3.63) is 60.2 Å². The zero-order valence-corrected chi connectivity index (χ0v) is 15.0. The highest BCUT2D eigenvalue weighted by atomic mass is 32.1. The summed E-state index contributed by atoms with van der Waals surface area (Å²) in [6, 6.07) is 18.9. The van der Waals surface area contributed by atoms with Crippen molar-refractivity contribution in [2.24, 2.45) is 0 Å². The number of hydrogen-bond donors (Lipinski definition) is 0. The Morgan fingerprint density at radius 1 is 0.640 bits per heavy atom. The average Bonchev–Trinajstić information content (AvgIpc) is 3.32. The quantitative estimate of drug-likeness (QED) is 0.302. The molecule has 2 nitrogen and oxygen atoms in total. The van der Waals surface area contributed by atoms with Crippen molar-refractivity contribution in [3.8, 4) is 9.75 Å². The van der Waals surface area contributed by atoms with Crippen molar-refractivity contribution >= 4 is 65.2 Å². The maximum atomic E-state index is 6.03. The van der Waals surface area contributed by atoms with E-state index in [9.17, 15) is 0 Å². The lowest BCUT2D eigenvalue weighted by Crippen LogP contribution is -1.68. The van der Waals surface area contributed by atoms with E-state index in [0.717, 1.165) is 22.3 Å². The van der Waals surface area contributed by atoms with Gasteiger partial charge < -0.3 is 8.83 Å². The molecule has 0 unspecified atom stereocenters. The zero-order chi connectivity index (χ0) is 16.5. The number of rotatable bonds is 1. The summed E-state index contributed by atoms with van der Waals surface area (Å²) in [4.78, 5) is 2.47. The van der Waals surface area contributed by atoms with Crippen molar-refractivity contribution in [2.75, 3.05) is 0 Å². The molecule has 0 atom stereocenters. The molecule has 6 rings (SSSR count). The van der Waals surface area contributed by atoms with E-state index in [1.54, 1.807) is 22.7 Å². The van der Waals surface area contributed by atoms with E-state index >= 15 is 0 Å². The molecular weight excluding hydrogens is 348 g/mol. The predicted molar refractivity (Wildman–Crippen MR) is 107 cm³/mol. The Morgan fingerprint density at radius 3 is 2.04 bits per heavy atom. The number of furan rings is 2. The van der Waals surface area contributed by atoms with Crippen LogP contribution in [0.3, 0.4) is 0 Å². The Hall–Kier alpha value is -2.56. The number of aryl methyl sites for hydroxylation is 1. The minimum absolute atomic E-state index is 0.955. The molecule has 0 spiro atoms. The molecule has 0 N–H and O–H groups in total. The molecule has 0 aliphatic rings. The largest absolute Gasteiger partial charge is 0.455 e. The first kappa shape index (κ1) is 13.7. The maximum Gasteiger partial charge on any atom is 0.146 e. The molecule has 0 aliphatic carbocycles. The zero-order valence-electron chi connectivity index (χ0n) is 13.3. The molecule has 0 aliphatic heterocycles. The van der Waals surface area contributed by atoms with Crippen molar-refractivity contribution in [2.45, 2.75) is 6.92 Å². The maximum absolute atomic E-state index is 6.03. The van der Waals surface area contributed by atoms with Crippen LogP contribution in [-0.2, 0) is 0 Å². The second-order valence-corrected chi connectivity index (χ2v) is 8.41. The number of benzene rings is 2. The van der Waals surface area contributed by atoms with Gasteiger partial charge in [-0.15, -0.1) is 22.7 Å². The third kappa shape index (κ3) is 1.89. The Labute approximate surface area is 150 Å². The minimum atomic E-state index is 0.955. The van der Waals surface area contributed by atoms with Crippen molar-refractivity contribution < 1.29 is 8.83 Å². The van der Waals surface area contributed by atoms with Crippen molar-refractivity contribution in [1.82, 2.24) is 0 Å². The molecule has 4 heteroatoms. The first-order valence-corrected chi connectivity index (χ1v) is 9.74. The normalized spacial score (nSPS) is 12.2. The lowest BCUT2D eigenvalue weighted by Gasteiger charge is -1.92. The molecule has 0 bridgehead atoms. The van der Waals surface area contributed by atoms with Gasteiger partial charge >= 0.3 is 0 Å². The van der Waals surface area contributed by atoms with E-state index in [1.165, 1.54) is 35.5 Å². The van der Waals surface area contributed by atoms with Gasteiger partial charge in [-0.25, -0.2) is 0 Å². The van der Waals surface area contributed by atoms with Gasteiger partial charge in [-0.3, -0.25) is 0 Å². The van der Waals surface area contributed by atoms with Gasteiger partial charge in [0.25, 0.3) is 0 Å². The van der Waals surface area contributed by atoms with Crippen LogP contribution >= 0.6 is 22.7 Å². The number of hydrogen-bond acceptors (Lipinski definition) is 4. The van der Waals surface area contributed by atoms with Crippen LogP contribution in [0.25, 0.3) is 52.3 Å². The lowest BCUT2D eigenvalue weighted by atomic mass is 10.2. The highest BCUT2D eigenvalue weighted by molar-refractivity contribution is 7.29. The average molecular weight is 360 g/mol. The van der Waals surface area contributed by atoms with Gasteiger partial charge in [-0.2, -0.15) is 0 Å². The molecule has 0 amide bonds. The smallest absolute Gasteiger partial charge is 0.146 e. The molecule has 120 valence electrons. The predicted octanol–water partition coefficient (Wildman–Crippen LogP) is 7.58. The van der Waals surface area contributed by atoms with Crippen LogP contribution in [0.1, 0.15) is 5.56 Å². The first-order valence-electron chi connectivity index (χ1n) is 8.10. The molecule has 2 aromatic carbocycles. The monoisotopic (exact) mass is 360 g/mol. The Kier molecular flexibility index (Phi) is 2.60. The first-order chi connectivity index (χ1) is 12.3. The minimum Gasteiger partial charge on any atom is -0.455 e. The van der Waals surface area contributed by atoms with Crippen LogP contribution in [-0.4, -0.2) is 0 Å². The fraction of sp³-hybridized carbons (Fsp3) is 0.0476. The summed E-state index contributed by atoms with van der Waals surface area (Å²) in [7, 11) is 0. The van der Waals surface area contributed by atoms with E-state index in [1.807, 2.05) is 12.1 Å². The molecule has 0 radical (unpaired) electrons. The Balaban J connectivity index is 1.58. The number of para-hydroxylation sites is 1. The molecule has 4 aromatic heterocycles. The van der Waals surface area contributed by atoms with E-state index < -0.39 is 0 Å². The summed E-state index contributed by atoms with van der Waals surface area (Å²) >= 11 is 3.58. The van der Waals surface area contributed by atoms with Crippen LogP contribution in [0.2, 0.25) is 0 Å². The third-order valence-electron chi connectivity index (χ3n) is 4.59. The molecule has 25 heavy (non-hydrogen) atoms. The molecule has 6 aromatic rings. The highest BCUT2D eigenvalue weighted by Crippen LogP contribution is 2.45. The summed E-state index contributed by atoms with van der Waals surface area (Å²) in [6.45, 7) is 2.12. The van der Waals surface area contributed by atoms with Crippen LogP contribution in [0, 0.1) is 6.92 Å². The van der Waals surface area contributed by atoms with Gasteiger partial charge in [0.1, 0.15) is 22.3 Å². The van der Waals surface area contributed by atoms with E-state index in [0.29, 0.717) is 0 Å². The van der Waals surface area contributed by atoms with E-state index in [2.05, 4.69) is 49.4 Å². The van der Waals surface area contributed by atoms with Crippen LogP contribution in [0.5, 0.6) is 0 Å². The van der Waals surface area contributed by atoms with Gasteiger partial charge in [-0.1, -0.05) is 23.8 Å². The van der Waals surface area contributed by atoms with Crippen LogP contribution in [0.4, 0.5) is 0 Å². The number of fused-ring (bicyclic) bond motifs is 6. The van der Waals surface area contributed by atoms with Gasteiger partial charge in [0.15, 0.2) is 0 Å². The standard InChI is InChI=1S/C21H12O2S2/c1-11-6-7-15-13(8-11)21-17(23-15)10-19(25-21)18-9-16-20(24-18)12-4-2-3-5-14(12)22-16/h2-10H,1H3. The van der Waals surface area contributed by atoms with Crippen LogP contribution < -0.4 is 0 Å². The summed E-state index contributed by atoms with van der Waals surface area (Å²) in [5.74, 6) is 0. The second kappa shape index (κ2) is 4.75. The van der Waals surface area contributed by atoms with Crippen molar-refractivity contribution in [1.29, 1.82) is 0 Å². The van der Waals surface area contributed by atoms with E-state index in [-0.39, 0.29) is 0 Å². The SMILES string of the molecule is Cc1ccc2oc3cc(-c4cc5oc6ccccc6c5s4)sc3c2c1. The van der Waals surface area contributed by atoms with Crippen LogP contribution in [0.15, 0.2) is 63.4 Å². The van der Waals surface area contributed by atoms with E-state index in [4.69, 9.17) is 8.83 Å². The third-order valence-corrected chi connectivity index (χ3v) is 7.09. The molecule has 0 saturated carbocycles. The topological polar surface area (TPSA) is 26.3 Å². The van der Waals surface area contributed by atoms with Gasteiger partial charge in [0.05, 0.1) is 9.40 Å². The summed E-state index contributed by atoms with van der Waals surface area (Å²) in [5, 5.41) is 2.40. The summed E-state index contributed by atoms with van der Waals surface area (Å²) < 4.78 is 14.5. The fourth-order valence-corrected chi connectivity index (χ4v) is 5.70. The fourth-order valence-electron chi connectivity index (χ4n) is 3.41. The lowest BCUT2D eigenvalue weighted by molar-refractivity contribution is 0.669.